The number of H-pyrrole nitrogens is 1. The fraction of sp³-hybridized carbons (Fsp3) is 0.318. The molecule has 0 saturated carbocycles. The SMILES string of the molecule is Cc1ccc(-n2nccn2)c(C(=O)N2CCCC2(C)c2nc3c(C)c(Cl)ccc3[nH]2)n1. The number of aromatic nitrogens is 6. The van der Waals surface area contributed by atoms with Gasteiger partial charge in [-0.2, -0.15) is 10.2 Å². The van der Waals surface area contributed by atoms with Gasteiger partial charge in [-0.1, -0.05) is 11.6 Å². The third-order valence-corrected chi connectivity index (χ3v) is 6.50. The number of fused-ring (bicyclic) bond motifs is 1. The summed E-state index contributed by atoms with van der Waals surface area (Å²) in [5.74, 6) is 0.594. The third kappa shape index (κ3) is 3.09. The van der Waals surface area contributed by atoms with E-state index < -0.39 is 5.54 Å². The number of likely N-dealkylation sites (tertiary alicyclic amines) is 1. The van der Waals surface area contributed by atoms with Gasteiger partial charge in [0.05, 0.1) is 29.0 Å². The summed E-state index contributed by atoms with van der Waals surface area (Å²) in [6.07, 6.45) is 4.83. The lowest BCUT2D eigenvalue weighted by molar-refractivity contribution is 0.0599. The molecule has 1 aliphatic rings. The van der Waals surface area contributed by atoms with E-state index in [1.807, 2.05) is 49.9 Å². The maximum Gasteiger partial charge on any atom is 0.275 e. The molecule has 5 rings (SSSR count). The van der Waals surface area contributed by atoms with Crippen LogP contribution in [-0.2, 0) is 5.54 Å². The monoisotopic (exact) mass is 435 g/mol. The van der Waals surface area contributed by atoms with Crippen LogP contribution in [0.25, 0.3) is 16.7 Å². The largest absolute Gasteiger partial charge is 0.340 e. The predicted molar refractivity (Wildman–Crippen MR) is 117 cm³/mol. The van der Waals surface area contributed by atoms with Crippen molar-refractivity contribution >= 4 is 28.5 Å². The molecule has 1 aliphatic heterocycles. The minimum atomic E-state index is -0.588. The minimum absolute atomic E-state index is 0.161. The van der Waals surface area contributed by atoms with Crippen molar-refractivity contribution in [3.8, 4) is 5.69 Å². The molecule has 4 aromatic rings. The van der Waals surface area contributed by atoms with E-state index in [1.165, 1.54) is 4.80 Å². The standard InChI is InChI=1S/C22H22ClN7O/c1-13-5-8-17(30-24-10-11-25-30)19(26-13)20(31)29-12-4-9-22(29,3)21-27-16-7-6-15(23)14(2)18(16)28-21/h5-8,10-11H,4,9,12H2,1-3H3,(H,27,28). The van der Waals surface area contributed by atoms with Crippen LogP contribution in [0.2, 0.25) is 5.02 Å². The Hall–Kier alpha value is -3.26. The van der Waals surface area contributed by atoms with Gasteiger partial charge in [-0.3, -0.25) is 4.79 Å². The van der Waals surface area contributed by atoms with Crippen molar-refractivity contribution < 1.29 is 4.79 Å². The second kappa shape index (κ2) is 7.16. The van der Waals surface area contributed by atoms with Crippen molar-refractivity contribution in [3.05, 3.63) is 64.5 Å². The second-order valence-corrected chi connectivity index (χ2v) is 8.53. The number of rotatable bonds is 3. The number of carbonyl (C=O) groups excluding carboxylic acids is 1. The number of pyridine rings is 1. The number of nitrogens with one attached hydrogen (secondary N) is 1. The van der Waals surface area contributed by atoms with E-state index in [0.29, 0.717) is 22.9 Å². The molecule has 1 N–H and O–H groups in total. The van der Waals surface area contributed by atoms with Crippen LogP contribution < -0.4 is 0 Å². The Labute approximate surface area is 184 Å². The first-order valence-electron chi connectivity index (χ1n) is 10.2. The van der Waals surface area contributed by atoms with Crippen LogP contribution in [0.3, 0.4) is 0 Å². The number of hydrogen-bond acceptors (Lipinski definition) is 5. The van der Waals surface area contributed by atoms with Gasteiger partial charge >= 0.3 is 0 Å². The summed E-state index contributed by atoms with van der Waals surface area (Å²) < 4.78 is 0. The van der Waals surface area contributed by atoms with Crippen molar-refractivity contribution in [2.45, 2.75) is 39.2 Å². The Morgan fingerprint density at radius 1 is 1.13 bits per heavy atom. The topological polar surface area (TPSA) is 92.6 Å². The maximum absolute atomic E-state index is 13.8. The normalized spacial score (nSPS) is 18.8. The summed E-state index contributed by atoms with van der Waals surface area (Å²) in [5.41, 5.74) is 3.73. The minimum Gasteiger partial charge on any atom is -0.340 e. The number of halogens is 1. The molecule has 3 aromatic heterocycles. The van der Waals surface area contributed by atoms with Crippen molar-refractivity contribution in [1.29, 1.82) is 0 Å². The Morgan fingerprint density at radius 2 is 1.90 bits per heavy atom. The molecule has 1 unspecified atom stereocenters. The average Bonchev–Trinajstić information content (AvgIpc) is 3.50. The first kappa shape index (κ1) is 19.7. The van der Waals surface area contributed by atoms with Gasteiger partial charge in [-0.05, 0) is 63.4 Å². The molecule has 1 aromatic carbocycles. The van der Waals surface area contributed by atoms with Crippen LogP contribution in [-0.4, -0.2) is 47.3 Å². The highest BCUT2D eigenvalue weighted by Crippen LogP contribution is 2.39. The van der Waals surface area contributed by atoms with Crippen molar-refractivity contribution in [2.75, 3.05) is 6.54 Å². The van der Waals surface area contributed by atoms with Gasteiger partial charge in [0.2, 0.25) is 0 Å². The number of hydrogen-bond donors (Lipinski definition) is 1. The highest BCUT2D eigenvalue weighted by atomic mass is 35.5. The highest BCUT2D eigenvalue weighted by Gasteiger charge is 2.44. The molecule has 31 heavy (non-hydrogen) atoms. The average molecular weight is 436 g/mol. The molecule has 0 aliphatic carbocycles. The number of imidazole rings is 1. The van der Waals surface area contributed by atoms with Gasteiger partial charge in [0, 0.05) is 17.3 Å². The molecule has 1 amide bonds. The molecule has 0 spiro atoms. The molecule has 0 bridgehead atoms. The van der Waals surface area contributed by atoms with Crippen LogP contribution in [0.4, 0.5) is 0 Å². The van der Waals surface area contributed by atoms with Gasteiger partial charge < -0.3 is 9.88 Å². The Morgan fingerprint density at radius 3 is 2.68 bits per heavy atom. The summed E-state index contributed by atoms with van der Waals surface area (Å²) in [6, 6.07) is 7.47. The first-order valence-corrected chi connectivity index (χ1v) is 10.6. The third-order valence-electron chi connectivity index (χ3n) is 6.09. The van der Waals surface area contributed by atoms with E-state index in [9.17, 15) is 4.79 Å². The van der Waals surface area contributed by atoms with Gasteiger partial charge in [0.1, 0.15) is 11.5 Å². The van der Waals surface area contributed by atoms with Crippen LogP contribution in [0.15, 0.2) is 36.7 Å². The number of aromatic amines is 1. The Kier molecular flexibility index (Phi) is 4.55. The number of carbonyl (C=O) groups is 1. The van der Waals surface area contributed by atoms with E-state index in [0.717, 1.165) is 41.0 Å². The van der Waals surface area contributed by atoms with E-state index in [4.69, 9.17) is 16.6 Å². The van der Waals surface area contributed by atoms with Gasteiger partial charge in [0.25, 0.3) is 5.91 Å². The summed E-state index contributed by atoms with van der Waals surface area (Å²) in [5, 5.41) is 9.06. The van der Waals surface area contributed by atoms with Gasteiger partial charge in [-0.15, -0.1) is 4.80 Å². The smallest absolute Gasteiger partial charge is 0.275 e. The molecular formula is C22H22ClN7O. The van der Waals surface area contributed by atoms with Gasteiger partial charge in [0.15, 0.2) is 5.69 Å². The van der Waals surface area contributed by atoms with Crippen LogP contribution in [0.5, 0.6) is 0 Å². The zero-order chi connectivity index (χ0) is 21.8. The van der Waals surface area contributed by atoms with Crippen molar-refractivity contribution in [3.63, 3.8) is 0 Å². The summed E-state index contributed by atoms with van der Waals surface area (Å²) in [6.45, 7) is 6.49. The predicted octanol–water partition coefficient (Wildman–Crippen LogP) is 3.96. The van der Waals surface area contributed by atoms with Crippen molar-refractivity contribution in [1.82, 2.24) is 34.8 Å². The maximum atomic E-state index is 13.8. The lowest BCUT2D eigenvalue weighted by Gasteiger charge is -2.33. The lowest BCUT2D eigenvalue weighted by atomic mass is 9.97. The van der Waals surface area contributed by atoms with E-state index in [-0.39, 0.29) is 5.91 Å². The number of amides is 1. The van der Waals surface area contributed by atoms with E-state index >= 15 is 0 Å². The zero-order valence-electron chi connectivity index (χ0n) is 17.6. The molecule has 9 heteroatoms. The Bertz CT molecular complexity index is 1300. The number of nitrogens with zero attached hydrogens (tertiary/aromatic N) is 6. The first-order chi connectivity index (χ1) is 14.9. The van der Waals surface area contributed by atoms with Crippen LogP contribution in [0, 0.1) is 13.8 Å². The molecule has 4 heterocycles. The fourth-order valence-electron chi connectivity index (χ4n) is 4.31. The van der Waals surface area contributed by atoms with Crippen LogP contribution in [0.1, 0.15) is 47.3 Å². The number of benzene rings is 1. The Balaban J connectivity index is 1.59. The molecule has 158 valence electrons. The zero-order valence-corrected chi connectivity index (χ0v) is 18.3. The van der Waals surface area contributed by atoms with Crippen LogP contribution >= 0.6 is 11.6 Å². The molecule has 1 atom stereocenters. The summed E-state index contributed by atoms with van der Waals surface area (Å²) in [7, 11) is 0. The number of aryl methyl sites for hydroxylation is 2. The highest BCUT2D eigenvalue weighted by molar-refractivity contribution is 6.32. The molecule has 1 fully saturated rings. The quantitative estimate of drug-likeness (QED) is 0.525. The molecule has 1 saturated heterocycles. The molecular weight excluding hydrogens is 414 g/mol. The summed E-state index contributed by atoms with van der Waals surface area (Å²) >= 11 is 6.29. The lowest BCUT2D eigenvalue weighted by Crippen LogP contribution is -2.44. The van der Waals surface area contributed by atoms with Gasteiger partial charge in [-0.25, -0.2) is 9.97 Å². The molecule has 8 nitrogen and oxygen atoms in total. The van der Waals surface area contributed by atoms with E-state index in [1.54, 1.807) is 12.4 Å². The molecule has 0 radical (unpaired) electrons. The second-order valence-electron chi connectivity index (χ2n) is 8.13. The van der Waals surface area contributed by atoms with E-state index in [2.05, 4.69) is 20.2 Å². The fourth-order valence-corrected chi connectivity index (χ4v) is 4.47. The van der Waals surface area contributed by atoms with Crippen molar-refractivity contribution in [2.24, 2.45) is 0 Å². The summed E-state index contributed by atoms with van der Waals surface area (Å²) in [4.78, 5) is 29.9.